The zero-order chi connectivity index (χ0) is 15.2. The van der Waals surface area contributed by atoms with Crippen LogP contribution in [0.4, 0.5) is 11.5 Å². The number of pyridine rings is 1. The Balaban J connectivity index is 2.14. The van der Waals surface area contributed by atoms with E-state index in [2.05, 4.69) is 20.3 Å². The quantitative estimate of drug-likeness (QED) is 0.847. The largest absolute Gasteiger partial charge is 0.395 e. The molecule has 0 spiro atoms. The topological polar surface area (TPSA) is 74.2 Å². The summed E-state index contributed by atoms with van der Waals surface area (Å²) in [5, 5.41) is 13.0. The molecule has 0 saturated carbocycles. The number of rotatable bonds is 6. The van der Waals surface area contributed by atoms with Crippen molar-refractivity contribution < 1.29 is 5.11 Å². The van der Waals surface area contributed by atoms with Crippen molar-refractivity contribution >= 4 is 34.7 Å². The van der Waals surface area contributed by atoms with Gasteiger partial charge in [-0.3, -0.25) is 4.98 Å². The predicted molar refractivity (Wildman–Crippen MR) is 84.0 cm³/mol. The fourth-order valence-corrected chi connectivity index (χ4v) is 2.27. The second kappa shape index (κ2) is 7.40. The van der Waals surface area contributed by atoms with Crippen LogP contribution in [-0.4, -0.2) is 40.3 Å². The lowest BCUT2D eigenvalue weighted by Gasteiger charge is -2.20. The van der Waals surface area contributed by atoms with Crippen LogP contribution in [0.3, 0.4) is 0 Å². The Morgan fingerprint density at radius 2 is 2.14 bits per heavy atom. The van der Waals surface area contributed by atoms with Gasteiger partial charge in [0.1, 0.15) is 17.2 Å². The average Bonchev–Trinajstić information content (AvgIpc) is 2.48. The molecule has 2 aromatic rings. The standard InChI is InChI=1S/C13H15Cl2N5O/c1-20(4-5-21)11-2-3-17-10(12(11)15)7-18-13-9(14)6-16-8-19-13/h2-3,6,8,21H,4-5,7H2,1H3,(H,16,18,19). The van der Waals surface area contributed by atoms with Gasteiger partial charge in [-0.25, -0.2) is 9.97 Å². The first-order valence-corrected chi connectivity index (χ1v) is 7.03. The third-order valence-corrected chi connectivity index (χ3v) is 3.57. The van der Waals surface area contributed by atoms with Crippen molar-refractivity contribution in [3.63, 3.8) is 0 Å². The van der Waals surface area contributed by atoms with E-state index in [0.717, 1.165) is 5.69 Å². The van der Waals surface area contributed by atoms with Crippen molar-refractivity contribution in [3.05, 3.63) is 40.5 Å². The molecular formula is C13H15Cl2N5O. The molecular weight excluding hydrogens is 313 g/mol. The summed E-state index contributed by atoms with van der Waals surface area (Å²) in [7, 11) is 1.86. The molecule has 2 N–H and O–H groups in total. The fraction of sp³-hybridized carbons (Fsp3) is 0.308. The van der Waals surface area contributed by atoms with E-state index in [-0.39, 0.29) is 6.61 Å². The number of nitrogens with zero attached hydrogens (tertiary/aromatic N) is 4. The molecule has 112 valence electrons. The van der Waals surface area contributed by atoms with Crippen LogP contribution in [0, 0.1) is 0 Å². The van der Waals surface area contributed by atoms with Gasteiger partial charge in [0.15, 0.2) is 0 Å². The van der Waals surface area contributed by atoms with E-state index in [0.29, 0.717) is 34.6 Å². The van der Waals surface area contributed by atoms with Gasteiger partial charge in [0.05, 0.1) is 35.8 Å². The van der Waals surface area contributed by atoms with Crippen molar-refractivity contribution in [1.82, 2.24) is 15.0 Å². The van der Waals surface area contributed by atoms with Crippen LogP contribution < -0.4 is 10.2 Å². The van der Waals surface area contributed by atoms with Gasteiger partial charge in [-0.15, -0.1) is 0 Å². The Morgan fingerprint density at radius 1 is 1.33 bits per heavy atom. The highest BCUT2D eigenvalue weighted by molar-refractivity contribution is 6.34. The van der Waals surface area contributed by atoms with Crippen LogP contribution in [0.1, 0.15) is 5.69 Å². The first-order valence-electron chi connectivity index (χ1n) is 6.28. The number of nitrogens with one attached hydrogen (secondary N) is 1. The highest BCUT2D eigenvalue weighted by atomic mass is 35.5. The zero-order valence-corrected chi connectivity index (χ0v) is 12.9. The summed E-state index contributed by atoms with van der Waals surface area (Å²) in [5.41, 5.74) is 1.49. The van der Waals surface area contributed by atoms with Crippen molar-refractivity contribution in [3.8, 4) is 0 Å². The Morgan fingerprint density at radius 3 is 2.86 bits per heavy atom. The van der Waals surface area contributed by atoms with E-state index >= 15 is 0 Å². The average molecular weight is 328 g/mol. The van der Waals surface area contributed by atoms with E-state index in [9.17, 15) is 0 Å². The van der Waals surface area contributed by atoms with Gasteiger partial charge in [0, 0.05) is 19.8 Å². The van der Waals surface area contributed by atoms with E-state index in [1.165, 1.54) is 12.5 Å². The van der Waals surface area contributed by atoms with Gasteiger partial charge >= 0.3 is 0 Å². The van der Waals surface area contributed by atoms with Gasteiger partial charge in [-0.1, -0.05) is 23.2 Å². The summed E-state index contributed by atoms with van der Waals surface area (Å²) in [6, 6.07) is 1.80. The molecule has 0 radical (unpaired) electrons. The SMILES string of the molecule is CN(CCO)c1ccnc(CNc2ncncc2Cl)c1Cl. The molecule has 0 aliphatic carbocycles. The minimum atomic E-state index is 0.0548. The second-order valence-corrected chi connectivity index (χ2v) is 5.09. The van der Waals surface area contributed by atoms with E-state index in [1.54, 1.807) is 12.3 Å². The Kier molecular flexibility index (Phi) is 5.55. The van der Waals surface area contributed by atoms with E-state index in [4.69, 9.17) is 28.3 Å². The lowest BCUT2D eigenvalue weighted by molar-refractivity contribution is 0.304. The summed E-state index contributed by atoms with van der Waals surface area (Å²) < 4.78 is 0. The van der Waals surface area contributed by atoms with Gasteiger partial charge in [-0.05, 0) is 6.07 Å². The van der Waals surface area contributed by atoms with Crippen molar-refractivity contribution in [1.29, 1.82) is 0 Å². The van der Waals surface area contributed by atoms with Gasteiger partial charge in [0.2, 0.25) is 0 Å². The molecule has 0 aliphatic heterocycles. The molecule has 0 saturated heterocycles. The third-order valence-electron chi connectivity index (χ3n) is 2.88. The Bertz CT molecular complexity index is 611. The minimum absolute atomic E-state index is 0.0548. The molecule has 0 atom stereocenters. The lowest BCUT2D eigenvalue weighted by atomic mass is 10.3. The van der Waals surface area contributed by atoms with E-state index in [1.807, 2.05) is 11.9 Å². The number of aliphatic hydroxyl groups is 1. The molecule has 0 aromatic carbocycles. The maximum absolute atomic E-state index is 9.00. The smallest absolute Gasteiger partial charge is 0.148 e. The minimum Gasteiger partial charge on any atom is -0.395 e. The van der Waals surface area contributed by atoms with Crippen LogP contribution in [-0.2, 0) is 6.54 Å². The number of hydrogen-bond acceptors (Lipinski definition) is 6. The molecule has 21 heavy (non-hydrogen) atoms. The molecule has 2 rings (SSSR count). The number of aromatic nitrogens is 3. The predicted octanol–water partition coefficient (Wildman–Crippen LogP) is 2.22. The highest BCUT2D eigenvalue weighted by Gasteiger charge is 2.11. The maximum atomic E-state index is 9.00. The van der Waals surface area contributed by atoms with Crippen LogP contribution in [0.5, 0.6) is 0 Å². The molecule has 2 heterocycles. The van der Waals surface area contributed by atoms with Gasteiger partial charge in [-0.2, -0.15) is 0 Å². The Hall–Kier alpha value is -1.63. The highest BCUT2D eigenvalue weighted by Crippen LogP contribution is 2.27. The van der Waals surface area contributed by atoms with Crippen molar-refractivity contribution in [2.75, 3.05) is 30.4 Å². The number of halogens is 2. The Labute approximate surface area is 132 Å². The number of likely N-dealkylation sites (N-methyl/N-ethyl adjacent to an activating group) is 1. The van der Waals surface area contributed by atoms with Gasteiger partial charge < -0.3 is 15.3 Å². The zero-order valence-electron chi connectivity index (χ0n) is 11.4. The maximum Gasteiger partial charge on any atom is 0.148 e. The van der Waals surface area contributed by atoms with Crippen LogP contribution >= 0.6 is 23.2 Å². The number of hydrogen-bond donors (Lipinski definition) is 2. The molecule has 0 amide bonds. The molecule has 0 aliphatic rings. The summed E-state index contributed by atoms with van der Waals surface area (Å²) in [4.78, 5) is 14.0. The third kappa shape index (κ3) is 3.93. The van der Waals surface area contributed by atoms with E-state index < -0.39 is 0 Å². The molecule has 8 heteroatoms. The molecule has 0 unspecified atom stereocenters. The summed E-state index contributed by atoms with van der Waals surface area (Å²) in [5.74, 6) is 0.527. The van der Waals surface area contributed by atoms with Gasteiger partial charge in [0.25, 0.3) is 0 Å². The first kappa shape index (κ1) is 15.8. The monoisotopic (exact) mass is 327 g/mol. The summed E-state index contributed by atoms with van der Waals surface area (Å²) in [6.07, 6.45) is 4.60. The lowest BCUT2D eigenvalue weighted by Crippen LogP contribution is -2.22. The van der Waals surface area contributed by atoms with Crippen LogP contribution in [0.2, 0.25) is 10.0 Å². The summed E-state index contributed by atoms with van der Waals surface area (Å²) in [6.45, 7) is 0.935. The molecule has 2 aromatic heterocycles. The molecule has 0 fully saturated rings. The molecule has 6 nitrogen and oxygen atoms in total. The fourth-order valence-electron chi connectivity index (χ4n) is 1.77. The van der Waals surface area contributed by atoms with Crippen molar-refractivity contribution in [2.24, 2.45) is 0 Å². The number of aliphatic hydroxyl groups excluding tert-OH is 1. The van der Waals surface area contributed by atoms with Crippen LogP contribution in [0.15, 0.2) is 24.8 Å². The van der Waals surface area contributed by atoms with Crippen LogP contribution in [0.25, 0.3) is 0 Å². The van der Waals surface area contributed by atoms with Crippen molar-refractivity contribution in [2.45, 2.75) is 6.54 Å². The molecule has 0 bridgehead atoms. The number of anilines is 2. The first-order chi connectivity index (χ1) is 10.1. The normalized spacial score (nSPS) is 10.5. The summed E-state index contributed by atoms with van der Waals surface area (Å²) >= 11 is 12.3. The second-order valence-electron chi connectivity index (χ2n) is 4.31.